The summed E-state index contributed by atoms with van der Waals surface area (Å²) in [6.45, 7) is 0.375. The van der Waals surface area contributed by atoms with Gasteiger partial charge in [0.1, 0.15) is 5.82 Å². The van der Waals surface area contributed by atoms with Crippen LogP contribution in [0.4, 0.5) is 10.2 Å². The summed E-state index contributed by atoms with van der Waals surface area (Å²) < 4.78 is 18.3. The zero-order valence-electron chi connectivity index (χ0n) is 10.8. The number of carboxylic acids is 1. The van der Waals surface area contributed by atoms with Gasteiger partial charge in [-0.25, -0.2) is 14.2 Å². The van der Waals surface area contributed by atoms with Gasteiger partial charge in [0, 0.05) is 12.7 Å². The maximum absolute atomic E-state index is 13.5. The molecule has 0 aliphatic heterocycles. The number of anilines is 1. The van der Waals surface area contributed by atoms with Gasteiger partial charge in [0.15, 0.2) is 11.6 Å². The van der Waals surface area contributed by atoms with E-state index in [0.29, 0.717) is 12.4 Å². The van der Waals surface area contributed by atoms with Crippen LogP contribution in [0.2, 0.25) is 0 Å². The van der Waals surface area contributed by atoms with Crippen LogP contribution >= 0.6 is 0 Å². The molecule has 0 atom stereocenters. The Morgan fingerprint density at radius 3 is 2.75 bits per heavy atom. The average molecular weight is 276 g/mol. The summed E-state index contributed by atoms with van der Waals surface area (Å²) >= 11 is 0. The maximum atomic E-state index is 13.5. The Morgan fingerprint density at radius 1 is 1.40 bits per heavy atom. The lowest BCUT2D eigenvalue weighted by atomic mass is 10.2. The summed E-state index contributed by atoms with van der Waals surface area (Å²) in [5, 5.41) is 11.7. The molecule has 2 N–H and O–H groups in total. The van der Waals surface area contributed by atoms with E-state index in [1.165, 1.54) is 25.4 Å². The predicted molar refractivity (Wildman–Crippen MR) is 71.5 cm³/mol. The van der Waals surface area contributed by atoms with E-state index in [9.17, 15) is 9.18 Å². The van der Waals surface area contributed by atoms with Crippen molar-refractivity contribution >= 4 is 11.8 Å². The van der Waals surface area contributed by atoms with Crippen molar-refractivity contribution in [2.45, 2.75) is 6.54 Å². The molecule has 0 bridgehead atoms. The number of carboxylic acid groups (broad SMARTS) is 1. The lowest BCUT2D eigenvalue weighted by molar-refractivity contribution is 0.0696. The van der Waals surface area contributed by atoms with Crippen LogP contribution in [0.1, 0.15) is 15.9 Å². The van der Waals surface area contributed by atoms with Gasteiger partial charge in [0.05, 0.1) is 12.7 Å². The number of methoxy groups -OCH3 is 1. The first-order valence-corrected chi connectivity index (χ1v) is 5.86. The summed E-state index contributed by atoms with van der Waals surface area (Å²) in [5.74, 6) is -0.744. The summed E-state index contributed by atoms with van der Waals surface area (Å²) in [4.78, 5) is 14.6. The number of carbonyl (C=O) groups is 1. The van der Waals surface area contributed by atoms with Crippen molar-refractivity contribution in [1.29, 1.82) is 0 Å². The van der Waals surface area contributed by atoms with Crippen LogP contribution in [0, 0.1) is 5.82 Å². The van der Waals surface area contributed by atoms with E-state index in [2.05, 4.69) is 10.3 Å². The Morgan fingerprint density at radius 2 is 2.20 bits per heavy atom. The maximum Gasteiger partial charge on any atom is 0.337 e. The van der Waals surface area contributed by atoms with Crippen molar-refractivity contribution in [1.82, 2.24) is 4.98 Å². The predicted octanol–water partition coefficient (Wildman–Crippen LogP) is 2.54. The van der Waals surface area contributed by atoms with Crippen molar-refractivity contribution in [3.8, 4) is 5.75 Å². The number of halogens is 1. The molecule has 0 unspecified atom stereocenters. The lowest BCUT2D eigenvalue weighted by Gasteiger charge is -2.07. The van der Waals surface area contributed by atoms with Crippen molar-refractivity contribution < 1.29 is 19.0 Å². The third-order valence-electron chi connectivity index (χ3n) is 2.70. The van der Waals surface area contributed by atoms with Gasteiger partial charge in [-0.3, -0.25) is 0 Å². The molecule has 0 saturated heterocycles. The molecular weight excluding hydrogens is 263 g/mol. The molecule has 2 aromatic rings. The summed E-state index contributed by atoms with van der Waals surface area (Å²) in [6.07, 6.45) is 1.26. The second kappa shape index (κ2) is 6.01. The van der Waals surface area contributed by atoms with Gasteiger partial charge >= 0.3 is 5.97 Å². The summed E-state index contributed by atoms with van der Waals surface area (Å²) in [7, 11) is 1.41. The third-order valence-corrected chi connectivity index (χ3v) is 2.70. The second-order valence-corrected chi connectivity index (χ2v) is 4.06. The van der Waals surface area contributed by atoms with Gasteiger partial charge in [-0.15, -0.1) is 0 Å². The number of nitrogens with one attached hydrogen (secondary N) is 1. The topological polar surface area (TPSA) is 71.5 Å². The number of pyridine rings is 1. The number of ether oxygens (including phenoxy) is 1. The van der Waals surface area contributed by atoms with Crippen LogP contribution in [-0.4, -0.2) is 23.2 Å². The zero-order valence-corrected chi connectivity index (χ0v) is 10.8. The minimum atomic E-state index is -1.03. The lowest BCUT2D eigenvalue weighted by Crippen LogP contribution is -2.03. The molecule has 0 radical (unpaired) electrons. The van der Waals surface area contributed by atoms with Gasteiger partial charge in [0.2, 0.25) is 0 Å². The number of aromatic nitrogens is 1. The van der Waals surface area contributed by atoms with E-state index in [4.69, 9.17) is 9.84 Å². The molecule has 104 valence electrons. The first-order chi connectivity index (χ1) is 9.60. The number of hydrogen-bond acceptors (Lipinski definition) is 4. The van der Waals surface area contributed by atoms with Crippen LogP contribution in [0.5, 0.6) is 5.75 Å². The third kappa shape index (κ3) is 3.23. The molecule has 1 aromatic heterocycles. The molecule has 1 heterocycles. The fourth-order valence-corrected chi connectivity index (χ4v) is 1.64. The summed E-state index contributed by atoms with van der Waals surface area (Å²) in [6, 6.07) is 7.67. The number of hydrogen-bond donors (Lipinski definition) is 2. The van der Waals surface area contributed by atoms with E-state index >= 15 is 0 Å². The molecule has 6 heteroatoms. The largest absolute Gasteiger partial charge is 0.494 e. The molecule has 20 heavy (non-hydrogen) atoms. The molecule has 0 fully saturated rings. The van der Waals surface area contributed by atoms with E-state index < -0.39 is 11.8 Å². The molecule has 0 saturated carbocycles. The Labute approximate surface area is 115 Å². The van der Waals surface area contributed by atoms with Crippen LogP contribution in [0.25, 0.3) is 0 Å². The monoisotopic (exact) mass is 276 g/mol. The second-order valence-electron chi connectivity index (χ2n) is 4.06. The van der Waals surface area contributed by atoms with E-state index in [-0.39, 0.29) is 11.3 Å². The quantitative estimate of drug-likeness (QED) is 0.878. The Hall–Kier alpha value is -2.63. The van der Waals surface area contributed by atoms with Gasteiger partial charge in [0.25, 0.3) is 0 Å². The van der Waals surface area contributed by atoms with Crippen molar-refractivity contribution in [3.05, 3.63) is 53.5 Å². The van der Waals surface area contributed by atoms with E-state index in [1.54, 1.807) is 18.2 Å². The van der Waals surface area contributed by atoms with Gasteiger partial charge in [-0.05, 0) is 29.8 Å². The first-order valence-electron chi connectivity index (χ1n) is 5.86. The highest BCUT2D eigenvalue weighted by Crippen LogP contribution is 2.18. The molecule has 0 spiro atoms. The van der Waals surface area contributed by atoms with Gasteiger partial charge < -0.3 is 15.2 Å². The van der Waals surface area contributed by atoms with Crippen LogP contribution in [0.3, 0.4) is 0 Å². The van der Waals surface area contributed by atoms with Crippen molar-refractivity contribution in [2.75, 3.05) is 12.4 Å². The van der Waals surface area contributed by atoms with E-state index in [0.717, 1.165) is 5.56 Å². The molecule has 0 amide bonds. The number of rotatable bonds is 5. The van der Waals surface area contributed by atoms with Crippen molar-refractivity contribution in [2.24, 2.45) is 0 Å². The highest BCUT2D eigenvalue weighted by molar-refractivity contribution is 5.87. The Bertz CT molecular complexity index is 614. The molecule has 0 aliphatic rings. The van der Waals surface area contributed by atoms with E-state index in [1.807, 2.05) is 0 Å². The Balaban J connectivity index is 2.01. The minimum absolute atomic E-state index is 0.117. The first kappa shape index (κ1) is 13.8. The fraction of sp³-hybridized carbons (Fsp3) is 0.143. The fourth-order valence-electron chi connectivity index (χ4n) is 1.64. The van der Waals surface area contributed by atoms with Crippen LogP contribution in [0.15, 0.2) is 36.5 Å². The van der Waals surface area contributed by atoms with Gasteiger partial charge in [-0.1, -0.05) is 6.07 Å². The molecule has 2 rings (SSSR count). The molecular formula is C14H13FN2O3. The standard InChI is InChI=1S/C14H13FN2O3/c1-20-12-4-2-9(6-11(12)15)7-16-13-5-3-10(8-17-13)14(18)19/h2-6,8H,7H2,1H3,(H,16,17)(H,18,19). The number of benzene rings is 1. The summed E-state index contributed by atoms with van der Waals surface area (Å²) in [5.41, 5.74) is 0.846. The number of aromatic carboxylic acids is 1. The van der Waals surface area contributed by atoms with Crippen LogP contribution < -0.4 is 10.1 Å². The number of nitrogens with zero attached hydrogens (tertiary/aromatic N) is 1. The van der Waals surface area contributed by atoms with Gasteiger partial charge in [-0.2, -0.15) is 0 Å². The SMILES string of the molecule is COc1ccc(CNc2ccc(C(=O)O)cn2)cc1F. The van der Waals surface area contributed by atoms with Crippen molar-refractivity contribution in [3.63, 3.8) is 0 Å². The Kier molecular flexibility index (Phi) is 4.14. The minimum Gasteiger partial charge on any atom is -0.494 e. The molecule has 0 aliphatic carbocycles. The highest BCUT2D eigenvalue weighted by atomic mass is 19.1. The molecule has 5 nitrogen and oxygen atoms in total. The normalized spacial score (nSPS) is 10.1. The van der Waals surface area contributed by atoms with Crippen LogP contribution in [-0.2, 0) is 6.54 Å². The zero-order chi connectivity index (χ0) is 14.5. The molecule has 1 aromatic carbocycles. The highest BCUT2D eigenvalue weighted by Gasteiger charge is 2.05. The smallest absolute Gasteiger partial charge is 0.337 e. The average Bonchev–Trinajstić information content (AvgIpc) is 2.45.